The molecule has 0 aromatic heterocycles. The van der Waals surface area contributed by atoms with Crippen molar-refractivity contribution in [3.63, 3.8) is 0 Å². The summed E-state index contributed by atoms with van der Waals surface area (Å²) in [4.78, 5) is 11.3. The fourth-order valence-corrected chi connectivity index (χ4v) is 2.02. The first-order chi connectivity index (χ1) is 6.79. The fourth-order valence-electron chi connectivity index (χ4n) is 2.02. The zero-order valence-electron chi connectivity index (χ0n) is 8.93. The highest BCUT2D eigenvalue weighted by molar-refractivity contribution is 5.78. The highest BCUT2D eigenvalue weighted by Crippen LogP contribution is 2.16. The van der Waals surface area contributed by atoms with Gasteiger partial charge < -0.3 is 0 Å². The van der Waals surface area contributed by atoms with E-state index in [0.717, 1.165) is 25.7 Å². The van der Waals surface area contributed by atoms with Gasteiger partial charge >= 0.3 is 0 Å². The van der Waals surface area contributed by atoms with Crippen molar-refractivity contribution >= 4 is 5.78 Å². The molecule has 0 amide bonds. The van der Waals surface area contributed by atoms with E-state index < -0.39 is 6.17 Å². The van der Waals surface area contributed by atoms with E-state index in [0.29, 0.717) is 12.8 Å². The van der Waals surface area contributed by atoms with Gasteiger partial charge in [0.1, 0.15) is 12.0 Å². The van der Waals surface area contributed by atoms with E-state index in [9.17, 15) is 9.18 Å². The van der Waals surface area contributed by atoms with Crippen molar-refractivity contribution in [2.24, 2.45) is 0 Å². The summed E-state index contributed by atoms with van der Waals surface area (Å²) in [7, 11) is 0. The monoisotopic (exact) mass is 200 g/mol. The van der Waals surface area contributed by atoms with Crippen molar-refractivity contribution < 1.29 is 9.18 Å². The molecule has 1 saturated carbocycles. The van der Waals surface area contributed by atoms with Crippen molar-refractivity contribution in [3.8, 4) is 0 Å². The lowest BCUT2D eigenvalue weighted by atomic mass is 9.99. The van der Waals surface area contributed by atoms with Gasteiger partial charge in [0.15, 0.2) is 0 Å². The molecule has 0 saturated heterocycles. The van der Waals surface area contributed by atoms with Crippen LogP contribution in [0.1, 0.15) is 64.2 Å². The minimum atomic E-state index is -0.873. The molecule has 0 heterocycles. The van der Waals surface area contributed by atoms with Gasteiger partial charge in [0.05, 0.1) is 0 Å². The average molecular weight is 200 g/mol. The number of carbonyl (C=O) groups is 1. The molecule has 1 aliphatic rings. The molecule has 0 spiro atoms. The molecule has 1 aliphatic carbocycles. The fraction of sp³-hybridized carbons (Fsp3) is 0.917. The number of ketones is 1. The zero-order chi connectivity index (χ0) is 10.2. The van der Waals surface area contributed by atoms with Gasteiger partial charge in [-0.05, 0) is 12.8 Å². The highest BCUT2D eigenvalue weighted by Gasteiger charge is 2.12. The van der Waals surface area contributed by atoms with Crippen LogP contribution in [0.3, 0.4) is 0 Å². The lowest BCUT2D eigenvalue weighted by molar-refractivity contribution is -0.120. The number of carbonyl (C=O) groups excluding carboxylic acids is 1. The van der Waals surface area contributed by atoms with Gasteiger partial charge in [-0.1, -0.05) is 38.5 Å². The Bertz CT molecular complexity index is 168. The predicted molar refractivity (Wildman–Crippen MR) is 56.1 cm³/mol. The van der Waals surface area contributed by atoms with E-state index in [1.165, 1.54) is 19.3 Å². The SMILES string of the molecule is O=C1CCCCCCCCCC(F)C1. The molecule has 0 bridgehead atoms. The first-order valence-electron chi connectivity index (χ1n) is 5.95. The van der Waals surface area contributed by atoms with Crippen LogP contribution in [0.15, 0.2) is 0 Å². The third kappa shape index (κ3) is 5.36. The Morgan fingerprint density at radius 3 is 2.21 bits per heavy atom. The third-order valence-corrected chi connectivity index (χ3v) is 2.92. The Balaban J connectivity index is 2.26. The topological polar surface area (TPSA) is 17.1 Å². The smallest absolute Gasteiger partial charge is 0.135 e. The molecule has 1 rings (SSSR count). The molecule has 1 nitrogen and oxygen atoms in total. The molecule has 14 heavy (non-hydrogen) atoms. The van der Waals surface area contributed by atoms with Gasteiger partial charge in [-0.2, -0.15) is 0 Å². The predicted octanol–water partition coefficient (Wildman–Crippen LogP) is 3.81. The van der Waals surface area contributed by atoms with Crippen molar-refractivity contribution in [3.05, 3.63) is 0 Å². The number of Topliss-reactive ketones (excluding diaryl/α,β-unsaturated/α-hetero) is 1. The maximum atomic E-state index is 13.2. The van der Waals surface area contributed by atoms with E-state index in [2.05, 4.69) is 0 Å². The van der Waals surface area contributed by atoms with E-state index in [-0.39, 0.29) is 12.2 Å². The van der Waals surface area contributed by atoms with Crippen LogP contribution in [0.25, 0.3) is 0 Å². The third-order valence-electron chi connectivity index (χ3n) is 2.92. The number of rotatable bonds is 0. The molecule has 0 aliphatic heterocycles. The number of hydrogen-bond donors (Lipinski definition) is 0. The van der Waals surface area contributed by atoms with Crippen LogP contribution in [0.4, 0.5) is 4.39 Å². The molecule has 0 radical (unpaired) electrons. The Hall–Kier alpha value is -0.400. The molecule has 82 valence electrons. The van der Waals surface area contributed by atoms with Crippen LogP contribution in [0.5, 0.6) is 0 Å². The lowest BCUT2D eigenvalue weighted by Gasteiger charge is -2.09. The molecule has 1 atom stereocenters. The summed E-state index contributed by atoms with van der Waals surface area (Å²) in [6, 6.07) is 0. The van der Waals surface area contributed by atoms with Gasteiger partial charge in [-0.15, -0.1) is 0 Å². The second-order valence-corrected chi connectivity index (χ2v) is 4.35. The highest BCUT2D eigenvalue weighted by atomic mass is 19.1. The Kier molecular flexibility index (Phi) is 5.81. The molecule has 1 unspecified atom stereocenters. The van der Waals surface area contributed by atoms with Gasteiger partial charge in [0.25, 0.3) is 0 Å². The van der Waals surface area contributed by atoms with Crippen LogP contribution in [0, 0.1) is 0 Å². The van der Waals surface area contributed by atoms with Gasteiger partial charge in [-0.25, -0.2) is 4.39 Å². The first-order valence-corrected chi connectivity index (χ1v) is 5.95. The maximum Gasteiger partial charge on any atom is 0.135 e. The van der Waals surface area contributed by atoms with Crippen LogP contribution >= 0.6 is 0 Å². The number of hydrogen-bond acceptors (Lipinski definition) is 1. The molecule has 0 aromatic carbocycles. The lowest BCUT2D eigenvalue weighted by Crippen LogP contribution is -2.09. The van der Waals surface area contributed by atoms with Gasteiger partial charge in [0.2, 0.25) is 0 Å². The van der Waals surface area contributed by atoms with Crippen LogP contribution in [0.2, 0.25) is 0 Å². The second-order valence-electron chi connectivity index (χ2n) is 4.35. The van der Waals surface area contributed by atoms with E-state index in [1.54, 1.807) is 0 Å². The van der Waals surface area contributed by atoms with Crippen LogP contribution < -0.4 is 0 Å². The zero-order valence-corrected chi connectivity index (χ0v) is 8.93. The quantitative estimate of drug-likeness (QED) is 0.581. The summed E-state index contributed by atoms with van der Waals surface area (Å²) in [6.07, 6.45) is 8.41. The van der Waals surface area contributed by atoms with Gasteiger partial charge in [0, 0.05) is 12.8 Å². The van der Waals surface area contributed by atoms with E-state index in [4.69, 9.17) is 0 Å². The molecular weight excluding hydrogens is 179 g/mol. The average Bonchev–Trinajstić information content (AvgIpc) is 2.13. The second kappa shape index (κ2) is 6.97. The Labute approximate surface area is 86.1 Å². The summed E-state index contributed by atoms with van der Waals surface area (Å²) >= 11 is 0. The Morgan fingerprint density at radius 2 is 1.50 bits per heavy atom. The minimum absolute atomic E-state index is 0.123. The number of alkyl halides is 1. The summed E-state index contributed by atoms with van der Waals surface area (Å²) in [6.45, 7) is 0. The van der Waals surface area contributed by atoms with Crippen molar-refractivity contribution in [2.45, 2.75) is 70.4 Å². The minimum Gasteiger partial charge on any atom is -0.300 e. The summed E-state index contributed by atoms with van der Waals surface area (Å²) < 4.78 is 13.2. The number of halogens is 1. The first kappa shape index (κ1) is 11.7. The Morgan fingerprint density at radius 1 is 0.929 bits per heavy atom. The van der Waals surface area contributed by atoms with E-state index in [1.807, 2.05) is 0 Å². The normalized spacial score (nSPS) is 27.8. The molecule has 2 heteroatoms. The van der Waals surface area contributed by atoms with Crippen molar-refractivity contribution in [2.75, 3.05) is 0 Å². The summed E-state index contributed by atoms with van der Waals surface area (Å²) in [5.74, 6) is 0.123. The maximum absolute atomic E-state index is 13.2. The van der Waals surface area contributed by atoms with Crippen molar-refractivity contribution in [1.82, 2.24) is 0 Å². The molecule has 0 N–H and O–H groups in total. The van der Waals surface area contributed by atoms with E-state index >= 15 is 0 Å². The molecule has 1 fully saturated rings. The largest absolute Gasteiger partial charge is 0.300 e. The van der Waals surface area contributed by atoms with Crippen LogP contribution in [-0.4, -0.2) is 12.0 Å². The molecule has 0 aromatic rings. The van der Waals surface area contributed by atoms with Crippen molar-refractivity contribution in [1.29, 1.82) is 0 Å². The van der Waals surface area contributed by atoms with Crippen LogP contribution in [-0.2, 0) is 4.79 Å². The standard InChI is InChI=1S/C12H21FO/c13-11-8-6-4-2-1-3-5-7-9-12(14)10-11/h11H,1-10H2. The summed E-state index contributed by atoms with van der Waals surface area (Å²) in [5, 5.41) is 0. The molecular formula is C12H21FO. The van der Waals surface area contributed by atoms with Gasteiger partial charge in [-0.3, -0.25) is 4.79 Å². The summed E-state index contributed by atoms with van der Waals surface area (Å²) in [5.41, 5.74) is 0.